The van der Waals surface area contributed by atoms with Gasteiger partial charge in [-0.3, -0.25) is 0 Å². The third-order valence-corrected chi connectivity index (χ3v) is 0.213. The highest BCUT2D eigenvalue weighted by molar-refractivity contribution is 4.55. The molecular formula is C2H6N2O2. The van der Waals surface area contributed by atoms with Crippen LogP contribution in [-0.4, -0.2) is 0 Å². The van der Waals surface area contributed by atoms with Crippen LogP contribution in [0.25, 0.3) is 0 Å². The average molecular weight is 90.1 g/mol. The van der Waals surface area contributed by atoms with Gasteiger partial charge in [0.25, 0.3) is 0 Å². The molecule has 0 aliphatic heterocycles. The van der Waals surface area contributed by atoms with Crippen molar-refractivity contribution in [2.75, 3.05) is 0 Å². The largest absolute Gasteiger partial charge is 0.416 e. The number of nitrogens with two attached hydrogens (primary N) is 2. The van der Waals surface area contributed by atoms with Gasteiger partial charge in [-0.25, -0.2) is 0 Å². The Morgan fingerprint density at radius 1 is 1.00 bits per heavy atom. The molecule has 0 amide bonds. The summed E-state index contributed by atoms with van der Waals surface area (Å²) < 4.78 is 0. The first-order valence-electron chi connectivity index (χ1n) is 1.28. The molecule has 4 heteroatoms. The van der Waals surface area contributed by atoms with Gasteiger partial charge in [0, 0.05) is 0 Å². The van der Waals surface area contributed by atoms with Crippen LogP contribution in [0.2, 0.25) is 0 Å². The van der Waals surface area contributed by atoms with Crippen molar-refractivity contribution in [1.29, 1.82) is 0 Å². The smallest absolute Gasteiger partial charge is 0.147 e. The van der Waals surface area contributed by atoms with Gasteiger partial charge < -0.3 is 9.68 Å². The highest BCUT2D eigenvalue weighted by Crippen LogP contribution is 1.63. The van der Waals surface area contributed by atoms with E-state index in [1.165, 1.54) is 0 Å². The maximum absolute atomic E-state index is 4.49. The van der Waals surface area contributed by atoms with Crippen LogP contribution in [0, 0.1) is 0 Å². The van der Waals surface area contributed by atoms with Gasteiger partial charge in [-0.05, 0) is 0 Å². The molecule has 0 fully saturated rings. The van der Waals surface area contributed by atoms with E-state index in [4.69, 9.17) is 0 Å². The Morgan fingerprint density at radius 2 is 1.33 bits per heavy atom. The lowest BCUT2D eigenvalue weighted by Gasteiger charge is -1.82. The molecule has 4 nitrogen and oxygen atoms in total. The molecule has 0 radical (unpaired) electrons. The highest BCUT2D eigenvalue weighted by Gasteiger charge is 1.57. The van der Waals surface area contributed by atoms with Gasteiger partial charge in [0.05, 0.1) is 0 Å². The minimum absolute atomic E-state index is 1.11. The van der Waals surface area contributed by atoms with Crippen molar-refractivity contribution >= 4 is 0 Å². The quantitative estimate of drug-likeness (QED) is 0.345. The second kappa shape index (κ2) is 4.26. The Balaban J connectivity index is 2.73. The van der Waals surface area contributed by atoms with Crippen LogP contribution in [0.4, 0.5) is 0 Å². The molecule has 0 aliphatic carbocycles. The molecule has 0 aromatic rings. The molecule has 0 aromatic heterocycles. The lowest BCUT2D eigenvalue weighted by molar-refractivity contribution is 0.212. The summed E-state index contributed by atoms with van der Waals surface area (Å²) in [5, 5.41) is 0. The molecule has 0 heterocycles. The summed E-state index contributed by atoms with van der Waals surface area (Å²) in [7, 11) is 0. The third kappa shape index (κ3) is 3.26. The van der Waals surface area contributed by atoms with E-state index < -0.39 is 0 Å². The summed E-state index contributed by atoms with van der Waals surface area (Å²) in [6.07, 6.45) is 2.22. The van der Waals surface area contributed by atoms with Crippen molar-refractivity contribution in [3.63, 3.8) is 0 Å². The van der Waals surface area contributed by atoms with Gasteiger partial charge in [-0.15, -0.1) is 0 Å². The average Bonchev–Trinajstić information content (AvgIpc) is 1.61. The number of rotatable bonds is 2. The van der Waals surface area contributed by atoms with Crippen LogP contribution in [-0.2, 0) is 9.68 Å². The van der Waals surface area contributed by atoms with Crippen molar-refractivity contribution in [3.05, 3.63) is 12.5 Å². The fourth-order valence-corrected chi connectivity index (χ4v) is 0.0642. The predicted molar refractivity (Wildman–Crippen MR) is 19.7 cm³/mol. The normalized spacial score (nSPS) is 9.00. The van der Waals surface area contributed by atoms with E-state index in [-0.39, 0.29) is 0 Å². The molecule has 0 atom stereocenters. The van der Waals surface area contributed by atoms with Crippen molar-refractivity contribution < 1.29 is 9.68 Å². The summed E-state index contributed by atoms with van der Waals surface area (Å²) in [5.41, 5.74) is 0. The van der Waals surface area contributed by atoms with Gasteiger partial charge in [0.1, 0.15) is 12.5 Å². The Labute approximate surface area is 35.2 Å². The van der Waals surface area contributed by atoms with Crippen LogP contribution in [0.15, 0.2) is 12.5 Å². The summed E-state index contributed by atoms with van der Waals surface area (Å²) in [4.78, 5) is 7.79. The summed E-state index contributed by atoms with van der Waals surface area (Å²) in [6, 6.07) is 0. The van der Waals surface area contributed by atoms with Gasteiger partial charge in [0.2, 0.25) is 0 Å². The standard InChI is InChI=1S/C2H6N2O2/c3-5-1-2-6-4/h1-2H,3-4H2. The topological polar surface area (TPSA) is 70.5 Å². The summed E-state index contributed by atoms with van der Waals surface area (Å²) in [6.45, 7) is 0. The first kappa shape index (κ1) is 5.26. The summed E-state index contributed by atoms with van der Waals surface area (Å²) >= 11 is 0. The van der Waals surface area contributed by atoms with E-state index in [1.54, 1.807) is 0 Å². The van der Waals surface area contributed by atoms with Gasteiger partial charge >= 0.3 is 0 Å². The van der Waals surface area contributed by atoms with Crippen LogP contribution >= 0.6 is 0 Å². The van der Waals surface area contributed by atoms with Crippen LogP contribution in [0.1, 0.15) is 0 Å². The van der Waals surface area contributed by atoms with E-state index in [2.05, 4.69) is 21.5 Å². The van der Waals surface area contributed by atoms with Gasteiger partial charge in [-0.1, -0.05) is 0 Å². The maximum Gasteiger partial charge on any atom is 0.147 e. The first-order valence-corrected chi connectivity index (χ1v) is 1.28. The molecule has 4 N–H and O–H groups in total. The second-order valence-corrected chi connectivity index (χ2v) is 0.544. The molecule has 0 spiro atoms. The van der Waals surface area contributed by atoms with Crippen LogP contribution in [0.5, 0.6) is 0 Å². The predicted octanol–water partition coefficient (Wildman–Crippen LogP) is -0.762. The van der Waals surface area contributed by atoms with Crippen molar-refractivity contribution in [1.82, 2.24) is 0 Å². The second-order valence-electron chi connectivity index (χ2n) is 0.544. The molecule has 36 valence electrons. The minimum Gasteiger partial charge on any atom is -0.416 e. The maximum atomic E-state index is 4.49. The van der Waals surface area contributed by atoms with E-state index in [1.807, 2.05) is 0 Å². The van der Waals surface area contributed by atoms with Gasteiger partial charge in [0.15, 0.2) is 0 Å². The molecule has 0 saturated carbocycles. The zero-order valence-electron chi connectivity index (χ0n) is 3.13. The molecule has 0 rings (SSSR count). The molecule has 0 unspecified atom stereocenters. The molecule has 0 aromatic carbocycles. The molecule has 0 bridgehead atoms. The Morgan fingerprint density at radius 3 is 1.50 bits per heavy atom. The van der Waals surface area contributed by atoms with Gasteiger partial charge in [-0.2, -0.15) is 11.8 Å². The zero-order valence-corrected chi connectivity index (χ0v) is 3.13. The first-order chi connectivity index (χ1) is 2.91. The minimum atomic E-state index is 1.11. The van der Waals surface area contributed by atoms with E-state index in [0.717, 1.165) is 12.5 Å². The Kier molecular flexibility index (Phi) is 3.73. The molecular weight excluding hydrogens is 84.0 g/mol. The number of hydrogen-bond donors (Lipinski definition) is 2. The molecule has 6 heavy (non-hydrogen) atoms. The van der Waals surface area contributed by atoms with E-state index >= 15 is 0 Å². The van der Waals surface area contributed by atoms with E-state index in [0.29, 0.717) is 0 Å². The lowest BCUT2D eigenvalue weighted by atomic mass is 11.1. The molecule has 0 aliphatic rings. The lowest BCUT2D eigenvalue weighted by Crippen LogP contribution is -1.92. The Hall–Kier alpha value is -0.740. The molecule has 0 saturated heterocycles. The van der Waals surface area contributed by atoms with Crippen molar-refractivity contribution in [2.45, 2.75) is 0 Å². The zero-order chi connectivity index (χ0) is 4.83. The van der Waals surface area contributed by atoms with Crippen molar-refractivity contribution in [3.8, 4) is 0 Å². The SMILES string of the molecule is NOC=CON. The Bertz CT molecular complexity index is 38.8. The fourth-order valence-electron chi connectivity index (χ4n) is 0.0642. The highest BCUT2D eigenvalue weighted by atomic mass is 16.6. The monoisotopic (exact) mass is 90.0 g/mol. The third-order valence-electron chi connectivity index (χ3n) is 0.213. The van der Waals surface area contributed by atoms with Crippen molar-refractivity contribution in [2.24, 2.45) is 11.8 Å². The summed E-state index contributed by atoms with van der Waals surface area (Å²) in [5.74, 6) is 8.98. The fraction of sp³-hybridized carbons (Fsp3) is 0. The van der Waals surface area contributed by atoms with Crippen LogP contribution in [0.3, 0.4) is 0 Å². The number of hydrogen-bond acceptors (Lipinski definition) is 4. The van der Waals surface area contributed by atoms with E-state index in [9.17, 15) is 0 Å². The van der Waals surface area contributed by atoms with Crippen LogP contribution < -0.4 is 11.8 Å².